The Morgan fingerprint density at radius 1 is 1.52 bits per heavy atom. The highest BCUT2D eigenvalue weighted by Crippen LogP contribution is 2.23. The fraction of sp³-hybridized carbons (Fsp3) is 0.667. The molecule has 1 aromatic rings. The van der Waals surface area contributed by atoms with Gasteiger partial charge in [-0.2, -0.15) is 11.8 Å². The number of thioether (sulfide) groups is 1. The molecule has 0 bridgehead atoms. The van der Waals surface area contributed by atoms with Crippen LogP contribution in [0.25, 0.3) is 0 Å². The lowest BCUT2D eigenvalue weighted by atomic mass is 10.1. The molecule has 1 fully saturated rings. The van der Waals surface area contributed by atoms with Crippen molar-refractivity contribution in [2.24, 2.45) is 5.92 Å². The van der Waals surface area contributed by atoms with Crippen LogP contribution in [0.5, 0.6) is 0 Å². The third-order valence-electron chi connectivity index (χ3n) is 3.48. The topological polar surface area (TPSA) is 66.9 Å². The van der Waals surface area contributed by atoms with Crippen LogP contribution < -0.4 is 10.6 Å². The molecule has 5 nitrogen and oxygen atoms in total. The third kappa shape index (κ3) is 4.33. The fourth-order valence-corrected chi connectivity index (χ4v) is 3.52. The summed E-state index contributed by atoms with van der Waals surface area (Å²) in [6.07, 6.45) is 2.90. The maximum Gasteiger partial charge on any atom is 0.272 e. The van der Waals surface area contributed by atoms with Gasteiger partial charge in [0, 0.05) is 19.0 Å². The first kappa shape index (κ1) is 16.1. The molecular formula is C15H24N4OS. The van der Waals surface area contributed by atoms with E-state index in [0.29, 0.717) is 23.1 Å². The molecule has 1 saturated heterocycles. The number of rotatable bonds is 6. The molecule has 0 aliphatic carbocycles. The predicted molar refractivity (Wildman–Crippen MR) is 88.0 cm³/mol. The lowest BCUT2D eigenvalue weighted by Crippen LogP contribution is -2.31. The van der Waals surface area contributed by atoms with E-state index < -0.39 is 0 Å². The second-order valence-corrected chi connectivity index (χ2v) is 6.76. The number of nitrogens with zero attached hydrogens (tertiary/aromatic N) is 2. The van der Waals surface area contributed by atoms with Crippen LogP contribution in [-0.4, -0.2) is 40.5 Å². The molecule has 2 N–H and O–H groups in total. The van der Waals surface area contributed by atoms with Crippen LogP contribution in [0.4, 0.5) is 5.69 Å². The maximum absolute atomic E-state index is 12.4. The van der Waals surface area contributed by atoms with Gasteiger partial charge in [0.15, 0.2) is 5.69 Å². The number of amides is 1. The van der Waals surface area contributed by atoms with Gasteiger partial charge in [-0.1, -0.05) is 13.8 Å². The minimum Gasteiger partial charge on any atom is -0.382 e. The van der Waals surface area contributed by atoms with Gasteiger partial charge in [-0.05, 0) is 30.8 Å². The molecule has 1 atom stereocenters. The molecule has 0 spiro atoms. The van der Waals surface area contributed by atoms with Crippen molar-refractivity contribution in [1.82, 2.24) is 15.3 Å². The molecule has 1 aliphatic rings. The molecule has 0 aromatic carbocycles. The van der Waals surface area contributed by atoms with E-state index in [0.717, 1.165) is 18.8 Å². The van der Waals surface area contributed by atoms with Gasteiger partial charge in [0.1, 0.15) is 5.82 Å². The quantitative estimate of drug-likeness (QED) is 0.845. The average Bonchev–Trinajstić information content (AvgIpc) is 2.98. The summed E-state index contributed by atoms with van der Waals surface area (Å²) in [5.41, 5.74) is 1.17. The Morgan fingerprint density at radius 2 is 2.33 bits per heavy atom. The zero-order valence-corrected chi connectivity index (χ0v) is 13.8. The Morgan fingerprint density at radius 3 is 2.95 bits per heavy atom. The van der Waals surface area contributed by atoms with Crippen LogP contribution in [0.2, 0.25) is 0 Å². The summed E-state index contributed by atoms with van der Waals surface area (Å²) >= 11 is 1.96. The van der Waals surface area contributed by atoms with Crippen molar-refractivity contribution in [3.05, 3.63) is 17.7 Å². The monoisotopic (exact) mass is 308 g/mol. The molecular weight excluding hydrogens is 284 g/mol. The lowest BCUT2D eigenvalue weighted by molar-refractivity contribution is 0.0944. The van der Waals surface area contributed by atoms with Gasteiger partial charge < -0.3 is 10.6 Å². The summed E-state index contributed by atoms with van der Waals surface area (Å²) in [6.45, 7) is 7.52. The van der Waals surface area contributed by atoms with E-state index in [2.05, 4.69) is 20.6 Å². The van der Waals surface area contributed by atoms with Crippen molar-refractivity contribution in [3.8, 4) is 0 Å². The van der Waals surface area contributed by atoms with E-state index in [1.807, 2.05) is 32.5 Å². The molecule has 116 valence electrons. The van der Waals surface area contributed by atoms with Gasteiger partial charge in [0.25, 0.3) is 5.91 Å². The van der Waals surface area contributed by atoms with Gasteiger partial charge in [-0.15, -0.1) is 0 Å². The lowest BCUT2D eigenvalue weighted by Gasteiger charge is -2.14. The molecule has 0 radical (unpaired) electrons. The van der Waals surface area contributed by atoms with Crippen molar-refractivity contribution in [2.75, 3.05) is 29.9 Å². The Bertz CT molecular complexity index is 487. The fourth-order valence-electron chi connectivity index (χ4n) is 2.23. The van der Waals surface area contributed by atoms with Gasteiger partial charge >= 0.3 is 0 Å². The minimum absolute atomic E-state index is 0.104. The Labute approximate surface area is 130 Å². The van der Waals surface area contributed by atoms with Crippen molar-refractivity contribution < 1.29 is 4.79 Å². The average molecular weight is 308 g/mol. The van der Waals surface area contributed by atoms with Crippen LogP contribution >= 0.6 is 11.8 Å². The van der Waals surface area contributed by atoms with Crippen molar-refractivity contribution in [3.63, 3.8) is 0 Å². The SMILES string of the molecule is CCNc1cnc(C(C)C)nc1C(=O)NCC1CCSC1. The van der Waals surface area contributed by atoms with E-state index >= 15 is 0 Å². The number of anilines is 1. The molecule has 2 rings (SSSR count). The van der Waals surface area contributed by atoms with Gasteiger partial charge in [0.2, 0.25) is 0 Å². The van der Waals surface area contributed by atoms with Gasteiger partial charge in [0.05, 0.1) is 11.9 Å². The molecule has 1 aromatic heterocycles. The number of aromatic nitrogens is 2. The zero-order chi connectivity index (χ0) is 15.2. The van der Waals surface area contributed by atoms with E-state index in [1.54, 1.807) is 6.20 Å². The Kier molecular flexibility index (Phi) is 5.85. The van der Waals surface area contributed by atoms with Crippen LogP contribution in [-0.2, 0) is 0 Å². The zero-order valence-electron chi connectivity index (χ0n) is 13.0. The highest BCUT2D eigenvalue weighted by Gasteiger charge is 2.19. The summed E-state index contributed by atoms with van der Waals surface area (Å²) in [5, 5.41) is 6.18. The van der Waals surface area contributed by atoms with E-state index in [-0.39, 0.29) is 11.8 Å². The first-order chi connectivity index (χ1) is 10.1. The number of hydrogen-bond donors (Lipinski definition) is 2. The smallest absolute Gasteiger partial charge is 0.272 e. The largest absolute Gasteiger partial charge is 0.382 e. The summed E-state index contributed by atoms with van der Waals surface area (Å²) < 4.78 is 0. The van der Waals surface area contributed by atoms with Crippen molar-refractivity contribution in [2.45, 2.75) is 33.1 Å². The molecule has 21 heavy (non-hydrogen) atoms. The molecule has 0 saturated carbocycles. The highest BCUT2D eigenvalue weighted by atomic mass is 32.2. The summed E-state index contributed by atoms with van der Waals surface area (Å²) in [4.78, 5) is 21.2. The van der Waals surface area contributed by atoms with E-state index in [4.69, 9.17) is 0 Å². The number of hydrogen-bond acceptors (Lipinski definition) is 5. The van der Waals surface area contributed by atoms with Crippen LogP contribution in [0, 0.1) is 5.92 Å². The Hall–Kier alpha value is -1.30. The van der Waals surface area contributed by atoms with Crippen molar-refractivity contribution in [1.29, 1.82) is 0 Å². The molecule has 1 unspecified atom stereocenters. The summed E-state index contributed by atoms with van der Waals surface area (Å²) in [6, 6.07) is 0. The summed E-state index contributed by atoms with van der Waals surface area (Å²) in [7, 11) is 0. The Balaban J connectivity index is 2.10. The minimum atomic E-state index is -0.104. The number of carbonyl (C=O) groups excluding carboxylic acids is 1. The number of nitrogens with one attached hydrogen (secondary N) is 2. The van der Waals surface area contributed by atoms with Gasteiger partial charge in [-0.25, -0.2) is 9.97 Å². The normalized spacial score (nSPS) is 18.0. The predicted octanol–water partition coefficient (Wildman–Crippen LogP) is 2.51. The molecule has 6 heteroatoms. The second-order valence-electron chi connectivity index (χ2n) is 5.62. The van der Waals surface area contributed by atoms with Crippen LogP contribution in [0.15, 0.2) is 6.20 Å². The van der Waals surface area contributed by atoms with E-state index in [9.17, 15) is 4.79 Å². The maximum atomic E-state index is 12.4. The van der Waals surface area contributed by atoms with Gasteiger partial charge in [-0.3, -0.25) is 4.79 Å². The van der Waals surface area contributed by atoms with E-state index in [1.165, 1.54) is 12.2 Å². The third-order valence-corrected chi connectivity index (χ3v) is 4.71. The second kappa shape index (κ2) is 7.64. The first-order valence-corrected chi connectivity index (χ1v) is 8.74. The first-order valence-electron chi connectivity index (χ1n) is 7.58. The van der Waals surface area contributed by atoms with Crippen LogP contribution in [0.3, 0.4) is 0 Å². The number of carbonyl (C=O) groups is 1. The molecule has 1 amide bonds. The summed E-state index contributed by atoms with van der Waals surface area (Å²) in [5.74, 6) is 3.74. The standard InChI is InChI=1S/C15H24N4OS/c1-4-16-12-8-17-14(10(2)3)19-13(12)15(20)18-7-11-5-6-21-9-11/h8,10-11,16H,4-7,9H2,1-3H3,(H,18,20). The molecule has 2 heterocycles. The highest BCUT2D eigenvalue weighted by molar-refractivity contribution is 7.99. The van der Waals surface area contributed by atoms with Crippen molar-refractivity contribution >= 4 is 23.4 Å². The molecule has 1 aliphatic heterocycles. The van der Waals surface area contributed by atoms with Crippen LogP contribution in [0.1, 0.15) is 49.4 Å².